The molecule has 0 aromatic carbocycles. The van der Waals surface area contributed by atoms with Crippen molar-refractivity contribution in [2.45, 2.75) is 51.6 Å². The second-order valence-electron chi connectivity index (χ2n) is 5.83. The molecule has 0 saturated heterocycles. The van der Waals surface area contributed by atoms with Crippen LogP contribution in [0.1, 0.15) is 38.9 Å². The molecule has 9 heteroatoms. The molecule has 0 saturated carbocycles. The third-order valence-corrected chi connectivity index (χ3v) is 3.33. The highest BCUT2D eigenvalue weighted by Gasteiger charge is 2.23. The number of rotatable bonds is 7. The lowest BCUT2D eigenvalue weighted by Gasteiger charge is -2.17. The molecular weight excluding hydrogens is 323 g/mol. The number of anilines is 2. The molecule has 0 amide bonds. The van der Waals surface area contributed by atoms with Crippen molar-refractivity contribution < 1.29 is 18.0 Å². The zero-order valence-electron chi connectivity index (χ0n) is 13.5. The molecule has 1 aromatic heterocycles. The Labute approximate surface area is 138 Å². The molecule has 1 unspecified atom stereocenters. The quantitative estimate of drug-likeness (QED) is 0.792. The number of nitrogens with one attached hydrogen (secondary N) is 2. The zero-order valence-corrected chi connectivity index (χ0v) is 13.5. The number of carbonyl (C=O) groups excluding carboxylic acids is 1. The van der Waals surface area contributed by atoms with Crippen molar-refractivity contribution in [3.8, 4) is 0 Å². The van der Waals surface area contributed by atoms with Crippen LogP contribution in [0.25, 0.3) is 5.57 Å². The highest BCUT2D eigenvalue weighted by molar-refractivity contribution is 5.91. The topological polar surface area (TPSA) is 79.8 Å². The molecule has 2 N–H and O–H groups in total. The van der Waals surface area contributed by atoms with Crippen LogP contribution in [-0.2, 0) is 4.79 Å². The number of hydrogen-bond acceptors (Lipinski definition) is 6. The zero-order chi connectivity index (χ0) is 17.7. The lowest BCUT2D eigenvalue weighted by molar-refractivity contribution is -0.118. The van der Waals surface area contributed by atoms with E-state index in [-0.39, 0.29) is 36.0 Å². The smallest absolute Gasteiger partial charge is 0.261 e. The number of hydrogen-bond donors (Lipinski definition) is 2. The van der Waals surface area contributed by atoms with Crippen LogP contribution < -0.4 is 10.6 Å². The van der Waals surface area contributed by atoms with E-state index in [2.05, 4.69) is 25.6 Å². The lowest BCUT2D eigenvalue weighted by Crippen LogP contribution is -2.31. The molecule has 24 heavy (non-hydrogen) atoms. The molecule has 1 aliphatic rings. The van der Waals surface area contributed by atoms with E-state index in [0.717, 1.165) is 0 Å². The molecule has 1 aromatic rings. The minimum absolute atomic E-state index is 0.00198. The summed E-state index contributed by atoms with van der Waals surface area (Å²) in [6.45, 7) is 2.47. The van der Waals surface area contributed by atoms with Crippen LogP contribution in [-0.4, -0.2) is 45.9 Å². The van der Waals surface area contributed by atoms with E-state index in [1.165, 1.54) is 0 Å². The number of alkyl halides is 3. The van der Waals surface area contributed by atoms with E-state index in [9.17, 15) is 18.0 Å². The molecule has 0 bridgehead atoms. The monoisotopic (exact) mass is 343 g/mol. The maximum Gasteiger partial charge on any atom is 0.261 e. The van der Waals surface area contributed by atoms with E-state index in [4.69, 9.17) is 0 Å². The minimum atomic E-state index is -2.90. The van der Waals surface area contributed by atoms with Gasteiger partial charge in [0.25, 0.3) is 6.43 Å². The van der Waals surface area contributed by atoms with Gasteiger partial charge in [0.1, 0.15) is 18.5 Å². The maximum absolute atomic E-state index is 12.8. The standard InChI is InChI=1S/C15H20F3N5O/c1-8(2)19-14-21-13(9-4-3-5-10(24)6-9)22-15(23-14)20-11(7-16)12(17)18/h4,8,11-12H,3,5-7H2,1-2H3,(H2,19,20,21,22,23). The molecular formula is C15H20F3N5O. The first-order valence-electron chi connectivity index (χ1n) is 7.73. The van der Waals surface area contributed by atoms with E-state index in [1.807, 2.05) is 19.9 Å². The van der Waals surface area contributed by atoms with Gasteiger partial charge < -0.3 is 10.6 Å². The molecule has 132 valence electrons. The third-order valence-electron chi connectivity index (χ3n) is 3.33. The van der Waals surface area contributed by atoms with Crippen molar-refractivity contribution in [2.24, 2.45) is 0 Å². The van der Waals surface area contributed by atoms with Crippen molar-refractivity contribution in [3.05, 3.63) is 11.9 Å². The van der Waals surface area contributed by atoms with Gasteiger partial charge in [-0.2, -0.15) is 15.0 Å². The Morgan fingerprint density at radius 1 is 1.17 bits per heavy atom. The lowest BCUT2D eigenvalue weighted by atomic mass is 9.98. The van der Waals surface area contributed by atoms with Crippen molar-refractivity contribution in [1.29, 1.82) is 0 Å². The van der Waals surface area contributed by atoms with Gasteiger partial charge in [-0.1, -0.05) is 6.08 Å². The molecule has 0 fully saturated rings. The second kappa shape index (κ2) is 8.07. The van der Waals surface area contributed by atoms with Gasteiger partial charge in [-0.25, -0.2) is 13.2 Å². The number of carbonyl (C=O) groups is 1. The normalized spacial score (nSPS) is 16.3. The number of allylic oxidation sites excluding steroid dienone is 2. The first kappa shape index (κ1) is 18.2. The van der Waals surface area contributed by atoms with Crippen molar-refractivity contribution in [2.75, 3.05) is 17.3 Å². The molecule has 6 nitrogen and oxygen atoms in total. The van der Waals surface area contributed by atoms with Gasteiger partial charge in [0, 0.05) is 24.5 Å². The summed E-state index contributed by atoms with van der Waals surface area (Å²) in [5.74, 6) is 0.332. The Morgan fingerprint density at radius 3 is 2.38 bits per heavy atom. The van der Waals surface area contributed by atoms with Crippen molar-refractivity contribution >= 4 is 23.3 Å². The van der Waals surface area contributed by atoms with Gasteiger partial charge in [-0.15, -0.1) is 0 Å². The fraction of sp³-hybridized carbons (Fsp3) is 0.600. The number of ketones is 1. The van der Waals surface area contributed by atoms with Crippen LogP contribution in [0.15, 0.2) is 6.08 Å². The Bertz CT molecular complexity index is 621. The summed E-state index contributed by atoms with van der Waals surface area (Å²) in [6, 6.07) is -1.70. The van der Waals surface area contributed by atoms with E-state index in [0.29, 0.717) is 18.4 Å². The summed E-state index contributed by atoms with van der Waals surface area (Å²) in [5, 5.41) is 5.25. The Hall–Kier alpha value is -2.19. The maximum atomic E-state index is 12.8. The first-order valence-corrected chi connectivity index (χ1v) is 7.73. The largest absolute Gasteiger partial charge is 0.352 e. The highest BCUT2D eigenvalue weighted by atomic mass is 19.3. The number of nitrogens with zero attached hydrogens (tertiary/aromatic N) is 3. The van der Waals surface area contributed by atoms with Crippen LogP contribution in [0, 0.1) is 0 Å². The van der Waals surface area contributed by atoms with Crippen LogP contribution in [0.4, 0.5) is 25.1 Å². The first-order chi connectivity index (χ1) is 11.4. The van der Waals surface area contributed by atoms with Crippen LogP contribution in [0.3, 0.4) is 0 Å². The van der Waals surface area contributed by atoms with E-state index >= 15 is 0 Å². The number of aromatic nitrogens is 3. The molecule has 0 aliphatic heterocycles. The molecule has 2 rings (SSSR count). The third kappa shape index (κ3) is 4.90. The molecule has 1 heterocycles. The van der Waals surface area contributed by atoms with Crippen molar-refractivity contribution in [1.82, 2.24) is 15.0 Å². The van der Waals surface area contributed by atoms with Crippen LogP contribution >= 0.6 is 0 Å². The van der Waals surface area contributed by atoms with Crippen LogP contribution in [0.2, 0.25) is 0 Å². The fourth-order valence-electron chi connectivity index (χ4n) is 2.19. The molecule has 1 aliphatic carbocycles. The van der Waals surface area contributed by atoms with Gasteiger partial charge in [0.05, 0.1) is 0 Å². The summed E-state index contributed by atoms with van der Waals surface area (Å²) < 4.78 is 38.2. The summed E-state index contributed by atoms with van der Waals surface area (Å²) in [6.07, 6.45) is 0.184. The van der Waals surface area contributed by atoms with Crippen molar-refractivity contribution in [3.63, 3.8) is 0 Å². The van der Waals surface area contributed by atoms with Gasteiger partial charge >= 0.3 is 0 Å². The predicted molar refractivity (Wildman–Crippen MR) is 84.8 cm³/mol. The molecule has 0 spiro atoms. The van der Waals surface area contributed by atoms with Gasteiger partial charge in [0.15, 0.2) is 5.82 Å². The van der Waals surface area contributed by atoms with E-state index < -0.39 is 19.1 Å². The average molecular weight is 343 g/mol. The Kier molecular flexibility index (Phi) is 6.10. The fourth-order valence-corrected chi connectivity index (χ4v) is 2.19. The minimum Gasteiger partial charge on any atom is -0.352 e. The Balaban J connectivity index is 2.34. The van der Waals surface area contributed by atoms with Gasteiger partial charge in [-0.05, 0) is 20.3 Å². The van der Waals surface area contributed by atoms with Crippen LogP contribution in [0.5, 0.6) is 0 Å². The van der Waals surface area contributed by atoms with Gasteiger partial charge in [-0.3, -0.25) is 4.79 Å². The van der Waals surface area contributed by atoms with Gasteiger partial charge in [0.2, 0.25) is 11.9 Å². The number of Topliss-reactive ketones (excluding diaryl/α,β-unsaturated/α-hetero) is 1. The average Bonchev–Trinajstić information content (AvgIpc) is 2.51. The van der Waals surface area contributed by atoms with E-state index in [1.54, 1.807) is 0 Å². The second-order valence-corrected chi connectivity index (χ2v) is 5.83. The summed E-state index contributed by atoms with van der Waals surface area (Å²) in [5.41, 5.74) is 0.623. The summed E-state index contributed by atoms with van der Waals surface area (Å²) in [7, 11) is 0. The summed E-state index contributed by atoms with van der Waals surface area (Å²) in [4.78, 5) is 23.9. The Morgan fingerprint density at radius 2 is 1.83 bits per heavy atom. The SMILES string of the molecule is CC(C)Nc1nc(NC(CF)C(F)F)nc(C2=CCCC(=O)C2)n1. The molecule has 1 atom stereocenters. The highest BCUT2D eigenvalue weighted by Crippen LogP contribution is 2.24. The number of halogens is 3. The predicted octanol–water partition coefficient (Wildman–Crippen LogP) is 2.84. The molecule has 0 radical (unpaired) electrons. The summed E-state index contributed by atoms with van der Waals surface area (Å²) >= 11 is 0.